The van der Waals surface area contributed by atoms with Crippen LogP contribution >= 0.6 is 0 Å². The van der Waals surface area contributed by atoms with E-state index in [0.717, 1.165) is 47.6 Å². The van der Waals surface area contributed by atoms with Crippen LogP contribution in [0.4, 0.5) is 5.69 Å². The van der Waals surface area contributed by atoms with Crippen LogP contribution in [0.15, 0.2) is 42.5 Å². The van der Waals surface area contributed by atoms with Crippen LogP contribution in [-0.2, 0) is 9.53 Å². The standard InChI is InChI=1S/C27H31N3O4/c1-33-25-5-3-2-4-20(25)8-6-19-7-9-23-22(16-19)27-21(24(18-31)28-23)10-11-30(27)26(32)17-29-12-14-34-15-13-29/h2-5,7,9,16,21,24,27-28,31H,10-15,17-18H2,1H3/t21-,24-,27-/m1/s1. The van der Waals surface area contributed by atoms with Crippen molar-refractivity contribution in [1.82, 2.24) is 9.80 Å². The molecule has 0 aromatic heterocycles. The summed E-state index contributed by atoms with van der Waals surface area (Å²) in [4.78, 5) is 17.5. The van der Waals surface area contributed by atoms with E-state index in [1.54, 1.807) is 7.11 Å². The van der Waals surface area contributed by atoms with Crippen LogP contribution in [0.3, 0.4) is 0 Å². The molecule has 0 aliphatic carbocycles. The van der Waals surface area contributed by atoms with E-state index in [1.807, 2.05) is 41.3 Å². The molecular weight excluding hydrogens is 430 g/mol. The Morgan fingerprint density at radius 3 is 2.79 bits per heavy atom. The number of carbonyl (C=O) groups excluding carboxylic acids is 1. The Balaban J connectivity index is 1.44. The highest BCUT2D eigenvalue weighted by Crippen LogP contribution is 2.46. The molecule has 34 heavy (non-hydrogen) atoms. The van der Waals surface area contributed by atoms with Crippen LogP contribution in [0.1, 0.15) is 29.2 Å². The first-order chi connectivity index (χ1) is 16.7. The Bertz CT molecular complexity index is 1100. The number of nitrogens with zero attached hydrogens (tertiary/aromatic N) is 2. The molecule has 3 aliphatic rings. The number of methoxy groups -OCH3 is 1. The van der Waals surface area contributed by atoms with Crippen LogP contribution < -0.4 is 10.1 Å². The number of rotatable bonds is 4. The van der Waals surface area contributed by atoms with Crippen LogP contribution in [0.2, 0.25) is 0 Å². The van der Waals surface area contributed by atoms with Crippen molar-refractivity contribution in [1.29, 1.82) is 0 Å². The lowest BCUT2D eigenvalue weighted by atomic mass is 9.82. The monoisotopic (exact) mass is 461 g/mol. The third-order valence-corrected chi connectivity index (χ3v) is 7.10. The predicted molar refractivity (Wildman–Crippen MR) is 130 cm³/mol. The van der Waals surface area contributed by atoms with Gasteiger partial charge >= 0.3 is 0 Å². The molecular formula is C27H31N3O4. The summed E-state index contributed by atoms with van der Waals surface area (Å²) in [5.74, 6) is 7.55. The fourth-order valence-electron chi connectivity index (χ4n) is 5.35. The molecule has 0 spiro atoms. The number of benzene rings is 2. The number of aliphatic hydroxyl groups is 1. The summed E-state index contributed by atoms with van der Waals surface area (Å²) in [6.07, 6.45) is 0.869. The van der Waals surface area contributed by atoms with Crippen molar-refractivity contribution in [3.63, 3.8) is 0 Å². The lowest BCUT2D eigenvalue weighted by Crippen LogP contribution is -2.47. The fraction of sp³-hybridized carbons (Fsp3) is 0.444. The lowest BCUT2D eigenvalue weighted by Gasteiger charge is -2.39. The van der Waals surface area contributed by atoms with Crippen LogP contribution in [0.25, 0.3) is 0 Å². The molecule has 7 nitrogen and oxygen atoms in total. The highest BCUT2D eigenvalue weighted by atomic mass is 16.5. The Morgan fingerprint density at radius 1 is 1.18 bits per heavy atom. The largest absolute Gasteiger partial charge is 0.495 e. The maximum Gasteiger partial charge on any atom is 0.237 e. The maximum absolute atomic E-state index is 13.4. The SMILES string of the molecule is COc1ccccc1C#Cc1ccc2c(c1)[C@H]1[C@H](CCN1C(=O)CN1CCOCC1)[C@@H](CO)N2. The molecule has 3 heterocycles. The van der Waals surface area contributed by atoms with Gasteiger partial charge in [0.15, 0.2) is 0 Å². The van der Waals surface area contributed by atoms with Crippen molar-refractivity contribution in [3.8, 4) is 17.6 Å². The van der Waals surface area contributed by atoms with Gasteiger partial charge in [0.25, 0.3) is 0 Å². The molecule has 2 saturated heterocycles. The van der Waals surface area contributed by atoms with E-state index in [1.165, 1.54) is 0 Å². The number of carbonyl (C=O) groups is 1. The molecule has 0 bridgehead atoms. The van der Waals surface area contributed by atoms with Crippen molar-refractivity contribution in [2.24, 2.45) is 5.92 Å². The molecule has 2 aromatic carbocycles. The average molecular weight is 462 g/mol. The van der Waals surface area contributed by atoms with E-state index in [-0.39, 0.29) is 30.5 Å². The van der Waals surface area contributed by atoms with Crippen LogP contribution in [0, 0.1) is 17.8 Å². The molecule has 2 aromatic rings. The minimum Gasteiger partial charge on any atom is -0.495 e. The number of para-hydroxylation sites is 1. The zero-order valence-corrected chi connectivity index (χ0v) is 19.5. The quantitative estimate of drug-likeness (QED) is 0.680. The predicted octanol–water partition coefficient (Wildman–Crippen LogP) is 2.10. The summed E-state index contributed by atoms with van der Waals surface area (Å²) in [6, 6.07) is 13.7. The summed E-state index contributed by atoms with van der Waals surface area (Å²) < 4.78 is 10.8. The normalized spacial score (nSPS) is 23.8. The van der Waals surface area contributed by atoms with Gasteiger partial charge in [-0.05, 0) is 42.3 Å². The first-order valence-electron chi connectivity index (χ1n) is 11.9. The highest BCUT2D eigenvalue weighted by Gasteiger charge is 2.45. The number of anilines is 1. The minimum atomic E-state index is -0.0656. The zero-order chi connectivity index (χ0) is 23.5. The Labute approximate surface area is 200 Å². The third kappa shape index (κ3) is 4.49. The average Bonchev–Trinajstić information content (AvgIpc) is 3.33. The van der Waals surface area contributed by atoms with Crippen molar-refractivity contribution in [3.05, 3.63) is 59.2 Å². The maximum atomic E-state index is 13.4. The summed E-state index contributed by atoms with van der Waals surface area (Å²) in [5, 5.41) is 13.5. The van der Waals surface area contributed by atoms with Gasteiger partial charge in [-0.1, -0.05) is 24.0 Å². The van der Waals surface area contributed by atoms with E-state index in [4.69, 9.17) is 9.47 Å². The fourth-order valence-corrected chi connectivity index (χ4v) is 5.35. The molecule has 7 heteroatoms. The highest BCUT2D eigenvalue weighted by molar-refractivity contribution is 5.80. The van der Waals surface area contributed by atoms with E-state index >= 15 is 0 Å². The summed E-state index contributed by atoms with van der Waals surface area (Å²) in [6.45, 7) is 4.07. The summed E-state index contributed by atoms with van der Waals surface area (Å²) in [5.41, 5.74) is 3.77. The molecule has 2 N–H and O–H groups in total. The molecule has 0 radical (unpaired) electrons. The number of hydrogen-bond acceptors (Lipinski definition) is 6. The number of morpholine rings is 1. The van der Waals surface area contributed by atoms with Gasteiger partial charge in [-0.25, -0.2) is 0 Å². The van der Waals surface area contributed by atoms with E-state index in [2.05, 4.69) is 28.1 Å². The molecule has 178 valence electrons. The van der Waals surface area contributed by atoms with Crippen molar-refractivity contribution < 1.29 is 19.4 Å². The number of fused-ring (bicyclic) bond motifs is 3. The van der Waals surface area contributed by atoms with Crippen molar-refractivity contribution in [2.45, 2.75) is 18.5 Å². The Kier molecular flexibility index (Phi) is 6.73. The molecule has 3 aliphatic heterocycles. The second-order valence-electron chi connectivity index (χ2n) is 9.06. The Morgan fingerprint density at radius 2 is 2.00 bits per heavy atom. The van der Waals surface area contributed by atoms with E-state index in [0.29, 0.717) is 26.3 Å². The summed E-state index contributed by atoms with van der Waals surface area (Å²) >= 11 is 0. The van der Waals surface area contributed by atoms with Gasteiger partial charge in [0.2, 0.25) is 5.91 Å². The number of likely N-dealkylation sites (tertiary alicyclic amines) is 1. The number of hydrogen-bond donors (Lipinski definition) is 2. The van der Waals surface area contributed by atoms with E-state index in [9.17, 15) is 9.90 Å². The third-order valence-electron chi connectivity index (χ3n) is 7.10. The molecule has 3 atom stereocenters. The van der Waals surface area contributed by atoms with Gasteiger partial charge in [-0.2, -0.15) is 0 Å². The van der Waals surface area contributed by atoms with Crippen molar-refractivity contribution in [2.75, 3.05) is 58.4 Å². The van der Waals surface area contributed by atoms with E-state index < -0.39 is 0 Å². The number of ether oxygens (including phenoxy) is 2. The van der Waals surface area contributed by atoms with Gasteiger partial charge in [0.05, 0.1) is 51.1 Å². The lowest BCUT2D eigenvalue weighted by molar-refractivity contribution is -0.134. The molecule has 1 amide bonds. The number of nitrogens with one attached hydrogen (secondary N) is 1. The molecule has 0 unspecified atom stereocenters. The smallest absolute Gasteiger partial charge is 0.237 e. The van der Waals surface area contributed by atoms with Gasteiger partial charge in [-0.3, -0.25) is 9.69 Å². The molecule has 5 rings (SSSR count). The van der Waals surface area contributed by atoms with Gasteiger partial charge in [0, 0.05) is 36.8 Å². The van der Waals surface area contributed by atoms with Crippen LogP contribution in [0.5, 0.6) is 5.75 Å². The number of amides is 1. The minimum absolute atomic E-state index is 0.0431. The van der Waals surface area contributed by atoms with Crippen molar-refractivity contribution >= 4 is 11.6 Å². The van der Waals surface area contributed by atoms with Gasteiger partial charge in [-0.15, -0.1) is 0 Å². The van der Waals surface area contributed by atoms with Crippen LogP contribution in [-0.4, -0.2) is 80.0 Å². The zero-order valence-electron chi connectivity index (χ0n) is 19.5. The second-order valence-corrected chi connectivity index (χ2v) is 9.06. The first kappa shape index (κ1) is 22.7. The Hall–Kier alpha value is -3.05. The molecule has 0 saturated carbocycles. The molecule has 2 fully saturated rings. The second kappa shape index (κ2) is 10.1. The first-order valence-corrected chi connectivity index (χ1v) is 11.9. The van der Waals surface area contributed by atoms with Gasteiger partial charge < -0.3 is 24.8 Å². The number of aliphatic hydroxyl groups excluding tert-OH is 1. The summed E-state index contributed by atoms with van der Waals surface area (Å²) in [7, 11) is 1.64. The topological polar surface area (TPSA) is 74.3 Å². The van der Waals surface area contributed by atoms with Gasteiger partial charge in [0.1, 0.15) is 5.75 Å².